The van der Waals surface area contributed by atoms with Crippen molar-refractivity contribution in [3.63, 3.8) is 0 Å². The van der Waals surface area contributed by atoms with E-state index in [4.69, 9.17) is 21.7 Å². The molecule has 0 rings (SSSR count). The Labute approximate surface area is 171 Å². The summed E-state index contributed by atoms with van der Waals surface area (Å²) in [6, 6.07) is -5.68. The van der Waals surface area contributed by atoms with E-state index >= 15 is 0 Å². The van der Waals surface area contributed by atoms with Crippen molar-refractivity contribution in [1.29, 1.82) is 0 Å². The summed E-state index contributed by atoms with van der Waals surface area (Å²) in [5.41, 5.74) is 10.4. The Morgan fingerprint density at radius 3 is 1.90 bits per heavy atom. The minimum Gasteiger partial charge on any atom is -0.481 e. The summed E-state index contributed by atoms with van der Waals surface area (Å²) < 4.78 is 0. The number of primary amides is 1. The molecular weight excluding hydrogens is 406 g/mol. The van der Waals surface area contributed by atoms with Gasteiger partial charge in [0.15, 0.2) is 0 Å². The minimum atomic E-state index is -1.53. The predicted octanol–water partition coefficient (Wildman–Crippen LogP) is -4.01. The molecule has 0 aliphatic heterocycles. The van der Waals surface area contributed by atoms with E-state index < -0.39 is 78.7 Å². The van der Waals surface area contributed by atoms with E-state index in [0.29, 0.717) is 0 Å². The Morgan fingerprint density at radius 1 is 0.900 bits per heavy atom. The van der Waals surface area contributed by atoms with Crippen LogP contribution in [0, 0.1) is 0 Å². The summed E-state index contributed by atoms with van der Waals surface area (Å²) in [6.07, 6.45) is -2.78. The zero-order chi connectivity index (χ0) is 23.6. The summed E-state index contributed by atoms with van der Waals surface area (Å²) in [6.45, 7) is 2.39. The van der Waals surface area contributed by atoms with Crippen LogP contribution < -0.4 is 27.4 Å². The molecule has 0 radical (unpaired) electrons. The predicted molar refractivity (Wildman–Crippen MR) is 99.4 cm³/mol. The number of carboxylic acid groups (broad SMARTS) is 2. The third-order valence-corrected chi connectivity index (χ3v) is 3.83. The second-order valence-corrected chi connectivity index (χ2v) is 6.57. The fourth-order valence-electron chi connectivity index (χ4n) is 2.17. The molecule has 0 aromatic carbocycles. The molecule has 5 atom stereocenters. The van der Waals surface area contributed by atoms with Crippen LogP contribution in [-0.2, 0) is 28.8 Å². The highest BCUT2D eigenvalue weighted by Gasteiger charge is 2.31. The molecule has 14 heteroatoms. The van der Waals surface area contributed by atoms with E-state index in [1.165, 1.54) is 13.8 Å². The van der Waals surface area contributed by atoms with Crippen LogP contribution in [-0.4, -0.2) is 81.2 Å². The van der Waals surface area contributed by atoms with Gasteiger partial charge < -0.3 is 42.7 Å². The van der Waals surface area contributed by atoms with Crippen molar-refractivity contribution in [3.8, 4) is 0 Å². The van der Waals surface area contributed by atoms with Crippen molar-refractivity contribution in [2.24, 2.45) is 11.5 Å². The lowest BCUT2D eigenvalue weighted by atomic mass is 10.1. The molecule has 0 saturated heterocycles. The molecule has 0 saturated carbocycles. The van der Waals surface area contributed by atoms with Gasteiger partial charge in [0, 0.05) is 6.42 Å². The van der Waals surface area contributed by atoms with E-state index in [1.807, 2.05) is 0 Å². The highest BCUT2D eigenvalue weighted by molar-refractivity contribution is 5.95. The van der Waals surface area contributed by atoms with Crippen LogP contribution in [0.5, 0.6) is 0 Å². The summed E-state index contributed by atoms with van der Waals surface area (Å²) in [4.78, 5) is 68.9. The molecule has 14 nitrogen and oxygen atoms in total. The first-order valence-electron chi connectivity index (χ1n) is 8.83. The second kappa shape index (κ2) is 12.3. The summed E-state index contributed by atoms with van der Waals surface area (Å²) in [5.74, 6) is -6.40. The van der Waals surface area contributed by atoms with Gasteiger partial charge in [-0.2, -0.15) is 0 Å². The smallest absolute Gasteiger partial charge is 0.326 e. The molecule has 0 aromatic rings. The standard InChI is InChI=1S/C16H27N5O9/c1-6(13(26)20-9(16(29)30)3-4-11(24)25)19-15(28)12(7(2)22)21-14(27)8(17)5-10(18)23/h6-9,12,22H,3-5,17H2,1-2H3,(H2,18,23)(H,19,28)(H,20,26)(H,21,27)(H,24,25)(H,29,30). The maximum Gasteiger partial charge on any atom is 0.326 e. The fraction of sp³-hybridized carbons (Fsp3) is 0.625. The molecule has 4 amide bonds. The first-order chi connectivity index (χ1) is 13.8. The number of carbonyl (C=O) groups is 6. The van der Waals surface area contributed by atoms with E-state index in [1.54, 1.807) is 0 Å². The lowest BCUT2D eigenvalue weighted by Crippen LogP contribution is -2.59. The number of aliphatic carboxylic acids is 2. The molecular formula is C16H27N5O9. The van der Waals surface area contributed by atoms with Crippen molar-refractivity contribution in [2.75, 3.05) is 0 Å². The van der Waals surface area contributed by atoms with E-state index in [2.05, 4.69) is 16.0 Å². The molecule has 0 aliphatic rings. The van der Waals surface area contributed by atoms with Crippen molar-refractivity contribution in [2.45, 2.75) is 63.4 Å². The van der Waals surface area contributed by atoms with Gasteiger partial charge in [0.1, 0.15) is 18.1 Å². The van der Waals surface area contributed by atoms with Crippen LogP contribution >= 0.6 is 0 Å². The molecule has 170 valence electrons. The molecule has 5 unspecified atom stereocenters. The normalized spacial score (nSPS) is 15.6. The zero-order valence-corrected chi connectivity index (χ0v) is 16.5. The van der Waals surface area contributed by atoms with E-state index in [0.717, 1.165) is 0 Å². The van der Waals surface area contributed by atoms with Gasteiger partial charge >= 0.3 is 11.9 Å². The highest BCUT2D eigenvalue weighted by atomic mass is 16.4. The molecule has 0 fully saturated rings. The van der Waals surface area contributed by atoms with Gasteiger partial charge in [0.25, 0.3) is 0 Å². The van der Waals surface area contributed by atoms with Crippen LogP contribution in [0.2, 0.25) is 0 Å². The van der Waals surface area contributed by atoms with Crippen LogP contribution in [0.1, 0.15) is 33.1 Å². The SMILES string of the molecule is CC(NC(=O)C(NC(=O)C(N)CC(N)=O)C(C)O)C(=O)NC(CCC(=O)O)C(=O)O. The number of nitrogens with one attached hydrogen (secondary N) is 3. The zero-order valence-electron chi connectivity index (χ0n) is 16.5. The number of hydrogen-bond donors (Lipinski definition) is 8. The van der Waals surface area contributed by atoms with Crippen LogP contribution in [0.15, 0.2) is 0 Å². The third-order valence-electron chi connectivity index (χ3n) is 3.83. The molecule has 30 heavy (non-hydrogen) atoms. The van der Waals surface area contributed by atoms with Gasteiger partial charge in [0.05, 0.1) is 18.6 Å². The number of carboxylic acids is 2. The average Bonchev–Trinajstić information content (AvgIpc) is 2.60. The number of hydrogen-bond acceptors (Lipinski definition) is 8. The third kappa shape index (κ3) is 9.79. The van der Waals surface area contributed by atoms with Gasteiger partial charge in [-0.3, -0.25) is 24.0 Å². The summed E-state index contributed by atoms with van der Waals surface area (Å²) in [5, 5.41) is 33.8. The molecule has 0 spiro atoms. The maximum absolute atomic E-state index is 12.3. The topological polar surface area (TPSA) is 251 Å². The van der Waals surface area contributed by atoms with E-state index in [9.17, 15) is 33.9 Å². The van der Waals surface area contributed by atoms with Crippen LogP contribution in [0.25, 0.3) is 0 Å². The number of aliphatic hydroxyl groups excluding tert-OH is 1. The molecule has 10 N–H and O–H groups in total. The second-order valence-electron chi connectivity index (χ2n) is 6.57. The monoisotopic (exact) mass is 433 g/mol. The minimum absolute atomic E-state index is 0.374. The molecule has 0 bridgehead atoms. The van der Waals surface area contributed by atoms with Crippen LogP contribution in [0.4, 0.5) is 0 Å². The van der Waals surface area contributed by atoms with Gasteiger partial charge in [-0.05, 0) is 20.3 Å². The molecule has 0 heterocycles. The lowest BCUT2D eigenvalue weighted by Gasteiger charge is -2.24. The van der Waals surface area contributed by atoms with Crippen molar-refractivity contribution < 1.29 is 44.1 Å². The van der Waals surface area contributed by atoms with Gasteiger partial charge in [-0.25, -0.2) is 4.79 Å². The Kier molecular flexibility index (Phi) is 11.0. The Morgan fingerprint density at radius 2 is 1.47 bits per heavy atom. The lowest BCUT2D eigenvalue weighted by molar-refractivity contribution is -0.143. The fourth-order valence-corrected chi connectivity index (χ4v) is 2.17. The van der Waals surface area contributed by atoms with Crippen molar-refractivity contribution >= 4 is 35.6 Å². The Balaban J connectivity index is 4.99. The van der Waals surface area contributed by atoms with Crippen molar-refractivity contribution in [1.82, 2.24) is 16.0 Å². The van der Waals surface area contributed by atoms with Gasteiger partial charge in [-0.15, -0.1) is 0 Å². The summed E-state index contributed by atoms with van der Waals surface area (Å²) in [7, 11) is 0. The first-order valence-corrected chi connectivity index (χ1v) is 8.83. The largest absolute Gasteiger partial charge is 0.481 e. The Hall–Kier alpha value is -3.26. The maximum atomic E-state index is 12.3. The molecule has 0 aromatic heterocycles. The number of aliphatic hydroxyl groups is 1. The van der Waals surface area contributed by atoms with Crippen molar-refractivity contribution in [3.05, 3.63) is 0 Å². The first kappa shape index (κ1) is 26.7. The number of nitrogens with two attached hydrogens (primary N) is 2. The molecule has 0 aliphatic carbocycles. The van der Waals surface area contributed by atoms with Gasteiger partial charge in [-0.1, -0.05) is 0 Å². The summed E-state index contributed by atoms with van der Waals surface area (Å²) >= 11 is 0. The number of carbonyl (C=O) groups excluding carboxylic acids is 4. The Bertz CT molecular complexity index is 682. The average molecular weight is 433 g/mol. The van der Waals surface area contributed by atoms with Crippen LogP contribution in [0.3, 0.4) is 0 Å². The quantitative estimate of drug-likeness (QED) is 0.140. The van der Waals surface area contributed by atoms with Gasteiger partial charge in [0.2, 0.25) is 23.6 Å². The number of amides is 4. The highest BCUT2D eigenvalue weighted by Crippen LogP contribution is 2.01. The number of rotatable bonds is 13. The van der Waals surface area contributed by atoms with E-state index in [-0.39, 0.29) is 6.42 Å².